The van der Waals surface area contributed by atoms with Crippen molar-refractivity contribution >= 4 is 29.9 Å². The molecular weight excluding hydrogens is 503 g/mol. The first-order valence-electron chi connectivity index (χ1n) is 10.7. The van der Waals surface area contributed by atoms with Crippen LogP contribution in [0.3, 0.4) is 0 Å². The number of nitrogens with one attached hydrogen (secondary N) is 2. The van der Waals surface area contributed by atoms with Crippen molar-refractivity contribution in [1.29, 1.82) is 0 Å². The predicted molar refractivity (Wildman–Crippen MR) is 136 cm³/mol. The van der Waals surface area contributed by atoms with Gasteiger partial charge in [-0.3, -0.25) is 9.98 Å². The van der Waals surface area contributed by atoms with Gasteiger partial charge < -0.3 is 20.1 Å². The molecule has 3 rings (SSSR count). The molecule has 0 radical (unpaired) electrons. The van der Waals surface area contributed by atoms with Gasteiger partial charge in [-0.05, 0) is 36.1 Å². The van der Waals surface area contributed by atoms with Crippen molar-refractivity contribution in [2.24, 2.45) is 10.9 Å². The average molecular weight is 538 g/mol. The molecule has 6 nitrogen and oxygen atoms in total. The lowest BCUT2D eigenvalue weighted by Crippen LogP contribution is -2.39. The van der Waals surface area contributed by atoms with Crippen LogP contribution in [0.2, 0.25) is 0 Å². The van der Waals surface area contributed by atoms with Crippen molar-refractivity contribution in [2.45, 2.75) is 45.8 Å². The van der Waals surface area contributed by atoms with Crippen molar-refractivity contribution in [2.75, 3.05) is 26.8 Å². The van der Waals surface area contributed by atoms with Crippen LogP contribution in [0.1, 0.15) is 42.9 Å². The molecule has 2 aromatic rings. The van der Waals surface area contributed by atoms with Gasteiger partial charge in [0.15, 0.2) is 5.96 Å². The summed E-state index contributed by atoms with van der Waals surface area (Å²) in [5.41, 5.74) is 3.54. The summed E-state index contributed by atoms with van der Waals surface area (Å²) in [5, 5.41) is 6.90. The van der Waals surface area contributed by atoms with Crippen LogP contribution in [-0.4, -0.2) is 43.9 Å². The molecule has 0 aliphatic carbocycles. The molecule has 2 N–H and O–H groups in total. The van der Waals surface area contributed by atoms with Gasteiger partial charge in [0.25, 0.3) is 0 Å². The third-order valence-electron chi connectivity index (χ3n) is 5.48. The van der Waals surface area contributed by atoms with Crippen LogP contribution in [0.4, 0.5) is 0 Å². The van der Waals surface area contributed by atoms with Gasteiger partial charge in [0.2, 0.25) is 0 Å². The predicted octanol–water partition coefficient (Wildman–Crippen LogP) is 4.28. The highest BCUT2D eigenvalue weighted by Gasteiger charge is 2.19. The minimum atomic E-state index is 0. The second kappa shape index (κ2) is 12.9. The van der Waals surface area contributed by atoms with Gasteiger partial charge in [-0.15, -0.1) is 24.0 Å². The molecular formula is C24H35IN4O2. The molecule has 0 saturated carbocycles. The van der Waals surface area contributed by atoms with Crippen LogP contribution < -0.4 is 15.4 Å². The maximum absolute atomic E-state index is 6.21. The Bertz CT molecular complexity index is 824. The standard InChI is InChI=1S/C24H34N4O2.HI/c1-17(2)22(19-6-5-10-26-13-19)15-28-24(25-4)27-14-20-8-7-18(3)12-23(20)30-21-9-11-29-16-21;/h5-8,10,12-13,17,21-22H,9,11,14-16H2,1-4H3,(H2,25,27,28);1H. The Labute approximate surface area is 203 Å². The molecule has 7 heteroatoms. The van der Waals surface area contributed by atoms with Gasteiger partial charge >= 0.3 is 0 Å². The SMILES string of the molecule is CN=C(NCc1ccc(C)cc1OC1CCOC1)NCC(c1cccnc1)C(C)C.I. The number of hydrogen-bond acceptors (Lipinski definition) is 4. The highest BCUT2D eigenvalue weighted by molar-refractivity contribution is 14.0. The Morgan fingerprint density at radius 2 is 2.13 bits per heavy atom. The summed E-state index contributed by atoms with van der Waals surface area (Å²) in [6.45, 7) is 9.42. The number of aryl methyl sites for hydroxylation is 1. The summed E-state index contributed by atoms with van der Waals surface area (Å²) in [6.07, 6.45) is 4.84. The number of halogens is 1. The van der Waals surface area contributed by atoms with Gasteiger partial charge in [-0.2, -0.15) is 0 Å². The van der Waals surface area contributed by atoms with Crippen molar-refractivity contribution in [1.82, 2.24) is 15.6 Å². The number of guanidine groups is 1. The third kappa shape index (κ3) is 7.64. The van der Waals surface area contributed by atoms with Gasteiger partial charge in [0.1, 0.15) is 11.9 Å². The fourth-order valence-corrected chi connectivity index (χ4v) is 3.64. The van der Waals surface area contributed by atoms with Crippen LogP contribution in [0, 0.1) is 12.8 Å². The molecule has 1 aromatic heterocycles. The third-order valence-corrected chi connectivity index (χ3v) is 5.48. The number of rotatable bonds is 8. The molecule has 1 aliphatic heterocycles. The highest BCUT2D eigenvalue weighted by Crippen LogP contribution is 2.24. The first kappa shape index (κ1) is 25.4. The van der Waals surface area contributed by atoms with E-state index in [0.29, 0.717) is 25.0 Å². The van der Waals surface area contributed by atoms with Gasteiger partial charge in [0, 0.05) is 50.4 Å². The summed E-state index contributed by atoms with van der Waals surface area (Å²) in [6, 6.07) is 10.5. The highest BCUT2D eigenvalue weighted by atomic mass is 127. The molecule has 1 saturated heterocycles. The Hall–Kier alpha value is -1.87. The van der Waals surface area contributed by atoms with E-state index in [1.54, 1.807) is 7.05 Å². The van der Waals surface area contributed by atoms with Crippen LogP contribution in [-0.2, 0) is 11.3 Å². The van der Waals surface area contributed by atoms with Crippen molar-refractivity contribution in [3.63, 3.8) is 0 Å². The van der Waals surface area contributed by atoms with Gasteiger partial charge in [-0.25, -0.2) is 0 Å². The number of ether oxygens (including phenoxy) is 2. The van der Waals surface area contributed by atoms with Gasteiger partial charge in [0.05, 0.1) is 13.2 Å². The zero-order chi connectivity index (χ0) is 21.3. The number of hydrogen-bond donors (Lipinski definition) is 2. The van der Waals surface area contributed by atoms with Crippen LogP contribution in [0.15, 0.2) is 47.7 Å². The van der Waals surface area contributed by atoms with E-state index in [9.17, 15) is 0 Å². The first-order chi connectivity index (χ1) is 14.6. The summed E-state index contributed by atoms with van der Waals surface area (Å²) >= 11 is 0. The first-order valence-corrected chi connectivity index (χ1v) is 10.7. The zero-order valence-electron chi connectivity index (χ0n) is 18.9. The maximum atomic E-state index is 6.21. The molecule has 1 aromatic carbocycles. The van der Waals surface area contributed by atoms with Crippen LogP contribution in [0.25, 0.3) is 0 Å². The largest absolute Gasteiger partial charge is 0.488 e. The number of pyridine rings is 1. The summed E-state index contributed by atoms with van der Waals surface area (Å²) in [4.78, 5) is 8.67. The number of benzene rings is 1. The van der Waals surface area contributed by atoms with E-state index in [4.69, 9.17) is 9.47 Å². The fraction of sp³-hybridized carbons (Fsp3) is 0.500. The fourth-order valence-electron chi connectivity index (χ4n) is 3.64. The number of aliphatic imine (C=N–C) groups is 1. The van der Waals surface area contributed by atoms with Crippen molar-refractivity contribution in [3.05, 3.63) is 59.4 Å². The lowest BCUT2D eigenvalue weighted by atomic mass is 9.89. The van der Waals surface area contributed by atoms with E-state index in [-0.39, 0.29) is 30.1 Å². The van der Waals surface area contributed by atoms with E-state index >= 15 is 0 Å². The van der Waals surface area contributed by atoms with Gasteiger partial charge in [-0.1, -0.05) is 32.0 Å². The molecule has 170 valence electrons. The molecule has 2 heterocycles. The Morgan fingerprint density at radius 1 is 1.29 bits per heavy atom. The number of nitrogens with zero attached hydrogens (tertiary/aromatic N) is 2. The van der Waals surface area contributed by atoms with E-state index in [1.165, 1.54) is 11.1 Å². The minimum Gasteiger partial charge on any atom is -0.488 e. The van der Waals surface area contributed by atoms with E-state index in [2.05, 4.69) is 65.6 Å². The topological polar surface area (TPSA) is 67.8 Å². The molecule has 0 bridgehead atoms. The Kier molecular flexibility index (Phi) is 10.5. The molecule has 31 heavy (non-hydrogen) atoms. The summed E-state index contributed by atoms with van der Waals surface area (Å²) < 4.78 is 11.7. The van der Waals surface area contributed by atoms with Crippen molar-refractivity contribution < 1.29 is 9.47 Å². The number of aromatic nitrogens is 1. The van der Waals surface area contributed by atoms with E-state index in [1.807, 2.05) is 18.5 Å². The molecule has 0 amide bonds. The lowest BCUT2D eigenvalue weighted by Gasteiger charge is -2.23. The second-order valence-corrected chi connectivity index (χ2v) is 8.16. The van der Waals surface area contributed by atoms with Crippen molar-refractivity contribution in [3.8, 4) is 5.75 Å². The summed E-state index contributed by atoms with van der Waals surface area (Å²) in [7, 11) is 1.80. The lowest BCUT2D eigenvalue weighted by molar-refractivity contribution is 0.140. The Morgan fingerprint density at radius 3 is 2.77 bits per heavy atom. The molecule has 2 unspecified atom stereocenters. The molecule has 0 spiro atoms. The maximum Gasteiger partial charge on any atom is 0.191 e. The van der Waals surface area contributed by atoms with E-state index < -0.39 is 0 Å². The smallest absolute Gasteiger partial charge is 0.191 e. The van der Waals surface area contributed by atoms with Crippen LogP contribution >= 0.6 is 24.0 Å². The quantitative estimate of drug-likeness (QED) is 0.299. The monoisotopic (exact) mass is 538 g/mol. The normalized spacial score (nSPS) is 17.2. The molecule has 1 fully saturated rings. The van der Waals surface area contributed by atoms with Crippen LogP contribution in [0.5, 0.6) is 5.75 Å². The zero-order valence-corrected chi connectivity index (χ0v) is 21.3. The Balaban J connectivity index is 0.00000341. The average Bonchev–Trinajstić information content (AvgIpc) is 3.25. The minimum absolute atomic E-state index is 0. The van der Waals surface area contributed by atoms with E-state index in [0.717, 1.165) is 36.8 Å². The molecule has 1 aliphatic rings. The summed E-state index contributed by atoms with van der Waals surface area (Å²) in [5.74, 6) is 2.55. The molecule has 2 atom stereocenters. The second-order valence-electron chi connectivity index (χ2n) is 8.16.